The Labute approximate surface area is 147 Å². The van der Waals surface area contributed by atoms with Crippen molar-refractivity contribution in [2.75, 3.05) is 13.7 Å². The Morgan fingerprint density at radius 1 is 1.24 bits per heavy atom. The minimum absolute atomic E-state index is 0.160. The van der Waals surface area contributed by atoms with E-state index >= 15 is 0 Å². The van der Waals surface area contributed by atoms with Gasteiger partial charge in [-0.05, 0) is 50.1 Å². The first-order valence-electron chi connectivity index (χ1n) is 8.30. The van der Waals surface area contributed by atoms with E-state index in [1.165, 1.54) is 0 Å². The zero-order valence-corrected chi connectivity index (χ0v) is 15.2. The Kier molecular flexibility index (Phi) is 6.22. The second kappa shape index (κ2) is 8.37. The van der Waals surface area contributed by atoms with Crippen LogP contribution in [0, 0.1) is 13.8 Å². The first-order chi connectivity index (χ1) is 11.9. The van der Waals surface area contributed by atoms with Gasteiger partial charge in [0, 0.05) is 24.8 Å². The largest absolute Gasteiger partial charge is 0.494 e. The van der Waals surface area contributed by atoms with E-state index in [0.717, 1.165) is 22.6 Å². The lowest BCUT2D eigenvalue weighted by molar-refractivity contribution is 0.206. The molecule has 2 rings (SSSR count). The molecule has 0 radical (unpaired) electrons. The van der Waals surface area contributed by atoms with Crippen LogP contribution >= 0.6 is 0 Å². The fourth-order valence-corrected chi connectivity index (χ4v) is 2.60. The summed E-state index contributed by atoms with van der Waals surface area (Å²) in [6, 6.07) is 9.31. The van der Waals surface area contributed by atoms with Crippen molar-refractivity contribution in [1.29, 1.82) is 0 Å². The molecule has 6 heteroatoms. The maximum atomic E-state index is 12.3. The maximum Gasteiger partial charge on any atom is 0.317 e. The zero-order valence-electron chi connectivity index (χ0n) is 15.2. The van der Waals surface area contributed by atoms with Crippen molar-refractivity contribution in [3.8, 4) is 5.75 Å². The predicted molar refractivity (Wildman–Crippen MR) is 97.9 cm³/mol. The van der Waals surface area contributed by atoms with Crippen LogP contribution in [-0.4, -0.2) is 29.6 Å². The van der Waals surface area contributed by atoms with Gasteiger partial charge >= 0.3 is 6.03 Å². The number of hydrogen-bond acceptors (Lipinski definition) is 3. The van der Waals surface area contributed by atoms with E-state index in [0.29, 0.717) is 18.7 Å². The molecule has 0 bridgehead atoms. The van der Waals surface area contributed by atoms with Crippen LogP contribution in [0.15, 0.2) is 35.1 Å². The fourth-order valence-electron chi connectivity index (χ4n) is 2.60. The Hall–Kier alpha value is -2.76. The van der Waals surface area contributed by atoms with Gasteiger partial charge in [0.2, 0.25) is 0 Å². The summed E-state index contributed by atoms with van der Waals surface area (Å²) in [5.41, 5.74) is 3.10. The molecule has 2 N–H and O–H groups in total. The molecule has 1 heterocycles. The van der Waals surface area contributed by atoms with E-state index in [2.05, 4.69) is 10.3 Å². The Balaban J connectivity index is 1.93. The third-order valence-corrected chi connectivity index (χ3v) is 3.91. The summed E-state index contributed by atoms with van der Waals surface area (Å²) in [6.45, 7) is 6.94. The Morgan fingerprint density at radius 2 is 1.92 bits per heavy atom. The highest BCUT2D eigenvalue weighted by molar-refractivity contribution is 5.73. The lowest BCUT2D eigenvalue weighted by atomic mass is 10.1. The van der Waals surface area contributed by atoms with Crippen molar-refractivity contribution >= 4 is 6.03 Å². The second-order valence-corrected chi connectivity index (χ2v) is 6.03. The Morgan fingerprint density at radius 3 is 2.52 bits per heavy atom. The third-order valence-electron chi connectivity index (χ3n) is 3.91. The minimum atomic E-state index is -0.228. The van der Waals surface area contributed by atoms with Crippen LogP contribution < -0.4 is 15.6 Å². The number of benzene rings is 1. The van der Waals surface area contributed by atoms with E-state index in [4.69, 9.17) is 4.74 Å². The lowest BCUT2D eigenvalue weighted by Crippen LogP contribution is -2.37. The number of nitrogens with zero attached hydrogens (tertiary/aromatic N) is 1. The van der Waals surface area contributed by atoms with E-state index < -0.39 is 0 Å². The zero-order chi connectivity index (χ0) is 18.4. The number of hydrogen-bond donors (Lipinski definition) is 2. The molecule has 0 aliphatic heterocycles. The molecule has 2 amide bonds. The van der Waals surface area contributed by atoms with E-state index in [1.807, 2.05) is 51.1 Å². The summed E-state index contributed by atoms with van der Waals surface area (Å²) >= 11 is 0. The molecule has 0 spiro atoms. The molecular weight excluding hydrogens is 318 g/mol. The van der Waals surface area contributed by atoms with Gasteiger partial charge in [-0.3, -0.25) is 4.79 Å². The number of urea groups is 1. The number of pyridine rings is 1. The number of rotatable bonds is 6. The number of aromatic nitrogens is 1. The molecule has 25 heavy (non-hydrogen) atoms. The summed E-state index contributed by atoms with van der Waals surface area (Å²) < 4.78 is 5.41. The summed E-state index contributed by atoms with van der Waals surface area (Å²) in [5, 5.41) is 2.79. The van der Waals surface area contributed by atoms with Gasteiger partial charge in [0.25, 0.3) is 5.56 Å². The first-order valence-corrected chi connectivity index (χ1v) is 8.30. The molecule has 0 aliphatic carbocycles. The molecule has 1 aromatic heterocycles. The van der Waals surface area contributed by atoms with Crippen molar-refractivity contribution in [2.24, 2.45) is 0 Å². The minimum Gasteiger partial charge on any atom is -0.494 e. The van der Waals surface area contributed by atoms with Crippen molar-refractivity contribution in [2.45, 2.75) is 33.9 Å². The van der Waals surface area contributed by atoms with Crippen LogP contribution in [0.5, 0.6) is 5.75 Å². The Bertz CT molecular complexity index is 781. The van der Waals surface area contributed by atoms with E-state index in [1.54, 1.807) is 11.9 Å². The number of carbonyl (C=O) groups is 1. The van der Waals surface area contributed by atoms with Crippen molar-refractivity contribution in [3.05, 3.63) is 63.1 Å². The number of ether oxygens (including phenoxy) is 1. The number of nitrogens with one attached hydrogen (secondary N) is 2. The number of H-pyrrole nitrogens is 1. The summed E-state index contributed by atoms with van der Waals surface area (Å²) in [7, 11) is 1.72. The SMILES string of the molecule is CCOc1ccc(CN(C)C(=O)NCc2c(C)cc(C)[nH]c2=O)cc1. The molecule has 0 unspecified atom stereocenters. The molecule has 2 aromatic rings. The highest BCUT2D eigenvalue weighted by Crippen LogP contribution is 2.13. The van der Waals surface area contributed by atoms with Gasteiger partial charge in [0.15, 0.2) is 0 Å². The smallest absolute Gasteiger partial charge is 0.317 e. The van der Waals surface area contributed by atoms with Gasteiger partial charge in [-0.25, -0.2) is 4.79 Å². The second-order valence-electron chi connectivity index (χ2n) is 6.03. The lowest BCUT2D eigenvalue weighted by Gasteiger charge is -2.18. The molecular formula is C19H25N3O3. The monoisotopic (exact) mass is 343 g/mol. The van der Waals surface area contributed by atoms with E-state index in [-0.39, 0.29) is 18.1 Å². The van der Waals surface area contributed by atoms with Crippen LogP contribution in [0.4, 0.5) is 4.79 Å². The molecule has 6 nitrogen and oxygen atoms in total. The summed E-state index contributed by atoms with van der Waals surface area (Å²) in [6.07, 6.45) is 0. The number of carbonyl (C=O) groups excluding carboxylic acids is 1. The van der Waals surface area contributed by atoms with Gasteiger partial charge in [0.05, 0.1) is 13.2 Å². The molecule has 1 aromatic carbocycles. The normalized spacial score (nSPS) is 10.4. The first kappa shape index (κ1) is 18.6. The van der Waals surface area contributed by atoms with Crippen molar-refractivity contribution < 1.29 is 9.53 Å². The maximum absolute atomic E-state index is 12.3. The average molecular weight is 343 g/mol. The molecule has 134 valence electrons. The third kappa shape index (κ3) is 5.11. The van der Waals surface area contributed by atoms with Crippen LogP contribution in [0.3, 0.4) is 0 Å². The van der Waals surface area contributed by atoms with Gasteiger partial charge < -0.3 is 19.9 Å². The molecule has 0 fully saturated rings. The summed E-state index contributed by atoms with van der Waals surface area (Å²) in [5.74, 6) is 0.812. The molecule has 0 saturated carbocycles. The van der Waals surface area contributed by atoms with Crippen LogP contribution in [0.1, 0.15) is 29.3 Å². The molecule has 0 aliphatic rings. The van der Waals surface area contributed by atoms with Crippen LogP contribution in [0.2, 0.25) is 0 Å². The standard InChI is InChI=1S/C19H25N3O3/c1-5-25-16-8-6-15(7-9-16)12-22(4)19(24)20-11-17-13(2)10-14(3)21-18(17)23/h6-10H,5,11-12H2,1-4H3,(H,20,24)(H,21,23). The highest BCUT2D eigenvalue weighted by atomic mass is 16.5. The quantitative estimate of drug-likeness (QED) is 0.847. The molecule has 0 atom stereocenters. The topological polar surface area (TPSA) is 74.4 Å². The highest BCUT2D eigenvalue weighted by Gasteiger charge is 2.11. The average Bonchev–Trinajstić information content (AvgIpc) is 2.55. The van der Waals surface area contributed by atoms with Gasteiger partial charge in [0.1, 0.15) is 5.75 Å². The van der Waals surface area contributed by atoms with E-state index in [9.17, 15) is 9.59 Å². The fraction of sp³-hybridized carbons (Fsp3) is 0.368. The number of aromatic amines is 1. The van der Waals surface area contributed by atoms with Gasteiger partial charge in [-0.2, -0.15) is 0 Å². The predicted octanol–water partition coefficient (Wildman–Crippen LogP) is 2.73. The van der Waals surface area contributed by atoms with Gasteiger partial charge in [-0.15, -0.1) is 0 Å². The van der Waals surface area contributed by atoms with Crippen LogP contribution in [0.25, 0.3) is 0 Å². The number of aryl methyl sites for hydroxylation is 2. The van der Waals surface area contributed by atoms with Crippen LogP contribution in [-0.2, 0) is 13.1 Å². The van der Waals surface area contributed by atoms with Crippen molar-refractivity contribution in [1.82, 2.24) is 15.2 Å². The molecule has 0 saturated heterocycles. The number of amides is 2. The van der Waals surface area contributed by atoms with Crippen molar-refractivity contribution in [3.63, 3.8) is 0 Å². The summed E-state index contributed by atoms with van der Waals surface area (Å²) in [4.78, 5) is 28.6. The van der Waals surface area contributed by atoms with Gasteiger partial charge in [-0.1, -0.05) is 12.1 Å².